The third-order valence-corrected chi connectivity index (χ3v) is 2.68. The Labute approximate surface area is 109 Å². The number of nitrogens with two attached hydrogens (primary N) is 1. The van der Waals surface area contributed by atoms with Crippen LogP contribution in [0.2, 0.25) is 0 Å². The van der Waals surface area contributed by atoms with Gasteiger partial charge in [-0.1, -0.05) is 0 Å². The van der Waals surface area contributed by atoms with Crippen molar-refractivity contribution in [1.29, 1.82) is 0 Å². The number of aryl methyl sites for hydroxylation is 1. The lowest BCUT2D eigenvalue weighted by Gasteiger charge is -2.13. The predicted octanol–water partition coefficient (Wildman–Crippen LogP) is 2.94. The average Bonchev–Trinajstić information content (AvgIpc) is 2.56. The summed E-state index contributed by atoms with van der Waals surface area (Å²) in [6.45, 7) is 1.60. The first-order chi connectivity index (χ1) is 8.29. The molecule has 0 radical (unpaired) electrons. The molecule has 96 valence electrons. The van der Waals surface area contributed by atoms with E-state index in [4.69, 9.17) is 5.73 Å². The van der Waals surface area contributed by atoms with Crippen LogP contribution in [-0.4, -0.2) is 14.8 Å². The molecule has 0 bridgehead atoms. The predicted molar refractivity (Wildman–Crippen MR) is 63.2 cm³/mol. The highest BCUT2D eigenvalue weighted by molar-refractivity contribution is 9.10. The smallest absolute Gasteiger partial charge is 0.382 e. The minimum Gasteiger partial charge on any atom is -0.382 e. The third-order valence-electron chi connectivity index (χ3n) is 2.25. The zero-order chi connectivity index (χ0) is 13.5. The number of rotatable bonds is 1. The van der Waals surface area contributed by atoms with Crippen LogP contribution in [0, 0.1) is 6.92 Å². The second-order valence-electron chi connectivity index (χ2n) is 3.64. The second-order valence-corrected chi connectivity index (χ2v) is 4.56. The van der Waals surface area contributed by atoms with Crippen LogP contribution >= 0.6 is 15.9 Å². The van der Waals surface area contributed by atoms with Gasteiger partial charge >= 0.3 is 6.18 Å². The van der Waals surface area contributed by atoms with Gasteiger partial charge in [-0.05, 0) is 28.9 Å². The van der Waals surface area contributed by atoms with Crippen molar-refractivity contribution < 1.29 is 13.2 Å². The lowest BCUT2D eigenvalue weighted by Crippen LogP contribution is -2.14. The average molecular weight is 321 g/mol. The molecule has 0 unspecified atom stereocenters. The van der Waals surface area contributed by atoms with E-state index in [9.17, 15) is 13.2 Å². The fourth-order valence-corrected chi connectivity index (χ4v) is 1.85. The van der Waals surface area contributed by atoms with Crippen molar-refractivity contribution in [2.24, 2.45) is 0 Å². The topological polar surface area (TPSA) is 56.7 Å². The molecule has 2 rings (SSSR count). The first-order valence-corrected chi connectivity index (χ1v) is 5.63. The molecule has 0 aliphatic rings. The summed E-state index contributed by atoms with van der Waals surface area (Å²) in [5, 5.41) is 3.80. The summed E-state index contributed by atoms with van der Waals surface area (Å²) in [6.07, 6.45) is -3.23. The number of anilines is 1. The number of alkyl halides is 3. The fourth-order valence-electron chi connectivity index (χ4n) is 1.52. The van der Waals surface area contributed by atoms with Gasteiger partial charge in [-0.25, -0.2) is 9.67 Å². The summed E-state index contributed by atoms with van der Waals surface area (Å²) in [6, 6.07) is 2.43. The van der Waals surface area contributed by atoms with Crippen molar-refractivity contribution in [3.63, 3.8) is 0 Å². The van der Waals surface area contributed by atoms with E-state index in [1.165, 1.54) is 12.3 Å². The molecule has 2 N–H and O–H groups in total. The number of hydrogen-bond donors (Lipinski definition) is 1. The molecule has 0 fully saturated rings. The van der Waals surface area contributed by atoms with Crippen LogP contribution in [0.1, 0.15) is 11.3 Å². The summed E-state index contributed by atoms with van der Waals surface area (Å²) >= 11 is 2.97. The SMILES string of the molecule is Cc1cc(N)nn1-c1ncc(Br)cc1C(F)(F)F. The normalized spacial score (nSPS) is 11.8. The van der Waals surface area contributed by atoms with Crippen molar-refractivity contribution in [3.8, 4) is 5.82 Å². The highest BCUT2D eigenvalue weighted by atomic mass is 79.9. The van der Waals surface area contributed by atoms with Crippen molar-refractivity contribution in [2.75, 3.05) is 5.73 Å². The van der Waals surface area contributed by atoms with Crippen LogP contribution in [0.25, 0.3) is 5.82 Å². The largest absolute Gasteiger partial charge is 0.420 e. The van der Waals surface area contributed by atoms with Gasteiger partial charge in [0.25, 0.3) is 0 Å². The lowest BCUT2D eigenvalue weighted by molar-refractivity contribution is -0.137. The monoisotopic (exact) mass is 320 g/mol. The van der Waals surface area contributed by atoms with Crippen molar-refractivity contribution in [1.82, 2.24) is 14.8 Å². The highest BCUT2D eigenvalue weighted by Gasteiger charge is 2.35. The quantitative estimate of drug-likeness (QED) is 0.879. The molecule has 0 amide bonds. The van der Waals surface area contributed by atoms with E-state index in [1.807, 2.05) is 0 Å². The van der Waals surface area contributed by atoms with Crippen LogP contribution < -0.4 is 5.73 Å². The molecule has 0 spiro atoms. The Morgan fingerprint density at radius 3 is 2.50 bits per heavy atom. The number of nitrogen functional groups attached to an aromatic ring is 1. The number of aromatic nitrogens is 3. The van der Waals surface area contributed by atoms with Gasteiger partial charge in [0.15, 0.2) is 5.82 Å². The lowest BCUT2D eigenvalue weighted by atomic mass is 10.2. The molecule has 2 heterocycles. The van der Waals surface area contributed by atoms with E-state index >= 15 is 0 Å². The maximum absolute atomic E-state index is 12.9. The summed E-state index contributed by atoms with van der Waals surface area (Å²) in [5.74, 6) is -0.148. The minimum atomic E-state index is -4.51. The Morgan fingerprint density at radius 1 is 1.33 bits per heavy atom. The molecule has 8 heteroatoms. The maximum atomic E-state index is 12.9. The third kappa shape index (κ3) is 2.33. The fraction of sp³-hybridized carbons (Fsp3) is 0.200. The van der Waals surface area contributed by atoms with Crippen LogP contribution in [0.5, 0.6) is 0 Å². The maximum Gasteiger partial charge on any atom is 0.420 e. The van der Waals surface area contributed by atoms with Gasteiger partial charge in [0.05, 0.1) is 0 Å². The number of hydrogen-bond acceptors (Lipinski definition) is 3. The van der Waals surface area contributed by atoms with E-state index in [0.717, 1.165) is 10.7 Å². The molecule has 0 aromatic carbocycles. The molecular formula is C10H8BrF3N4. The molecule has 2 aromatic heterocycles. The summed E-state index contributed by atoms with van der Waals surface area (Å²) < 4.78 is 40.1. The number of halogens is 4. The van der Waals surface area contributed by atoms with Gasteiger partial charge in [0, 0.05) is 22.4 Å². The van der Waals surface area contributed by atoms with Gasteiger partial charge in [-0.15, -0.1) is 5.10 Å². The van der Waals surface area contributed by atoms with E-state index < -0.39 is 11.7 Å². The summed E-state index contributed by atoms with van der Waals surface area (Å²) in [7, 11) is 0. The molecule has 0 aliphatic heterocycles. The van der Waals surface area contributed by atoms with Crippen LogP contribution in [0.3, 0.4) is 0 Å². The number of pyridine rings is 1. The standard InChI is InChI=1S/C10H8BrF3N4/c1-5-2-8(15)17-18(5)9-7(10(12,13)14)3-6(11)4-16-9/h2-4H,1H3,(H2,15,17). The number of nitrogens with zero attached hydrogens (tertiary/aromatic N) is 3. The zero-order valence-corrected chi connectivity index (χ0v) is 10.7. The van der Waals surface area contributed by atoms with E-state index in [0.29, 0.717) is 5.69 Å². The Morgan fingerprint density at radius 2 is 2.00 bits per heavy atom. The first kappa shape index (κ1) is 12.9. The van der Waals surface area contributed by atoms with E-state index in [2.05, 4.69) is 26.0 Å². The van der Waals surface area contributed by atoms with E-state index in [-0.39, 0.29) is 16.1 Å². The van der Waals surface area contributed by atoms with Gasteiger partial charge in [-0.2, -0.15) is 13.2 Å². The highest BCUT2D eigenvalue weighted by Crippen LogP contribution is 2.34. The first-order valence-electron chi connectivity index (χ1n) is 4.84. The van der Waals surface area contributed by atoms with Crippen molar-refractivity contribution >= 4 is 21.7 Å². The van der Waals surface area contributed by atoms with E-state index in [1.54, 1.807) is 6.92 Å². The zero-order valence-electron chi connectivity index (χ0n) is 9.16. The molecule has 18 heavy (non-hydrogen) atoms. The van der Waals surface area contributed by atoms with Gasteiger partial charge in [0.2, 0.25) is 0 Å². The molecule has 2 aromatic rings. The Balaban J connectivity index is 2.68. The molecular weight excluding hydrogens is 313 g/mol. The van der Waals surface area contributed by atoms with Gasteiger partial charge in [0.1, 0.15) is 11.4 Å². The Kier molecular flexibility index (Phi) is 3.05. The molecule has 0 saturated carbocycles. The minimum absolute atomic E-state index is 0.144. The van der Waals surface area contributed by atoms with Gasteiger partial charge in [-0.3, -0.25) is 0 Å². The van der Waals surface area contributed by atoms with Crippen molar-refractivity contribution in [2.45, 2.75) is 13.1 Å². The van der Waals surface area contributed by atoms with Crippen molar-refractivity contribution in [3.05, 3.63) is 34.1 Å². The molecule has 0 atom stereocenters. The Hall–Kier alpha value is -1.57. The second kappa shape index (κ2) is 4.27. The van der Waals surface area contributed by atoms with Crippen LogP contribution in [0.4, 0.5) is 19.0 Å². The van der Waals surface area contributed by atoms with Crippen LogP contribution in [-0.2, 0) is 6.18 Å². The molecule has 0 saturated heterocycles. The Bertz CT molecular complexity index is 591. The van der Waals surface area contributed by atoms with Gasteiger partial charge < -0.3 is 5.73 Å². The van der Waals surface area contributed by atoms with Crippen LogP contribution in [0.15, 0.2) is 22.8 Å². The summed E-state index contributed by atoms with van der Waals surface area (Å²) in [4.78, 5) is 3.77. The summed E-state index contributed by atoms with van der Waals surface area (Å²) in [5.41, 5.74) is 5.06. The molecule has 4 nitrogen and oxygen atoms in total. The molecule has 0 aliphatic carbocycles.